The average molecular weight is 286 g/mol. The van der Waals surface area contributed by atoms with Crippen LogP contribution in [-0.4, -0.2) is 11.9 Å². The molecule has 5 heteroatoms. The topological polar surface area (TPSA) is 80.3 Å². The van der Waals surface area contributed by atoms with Crippen LogP contribution in [0, 0.1) is 11.8 Å². The number of carboxylic acids is 2. The van der Waals surface area contributed by atoms with Crippen molar-refractivity contribution in [1.29, 1.82) is 0 Å². The fraction of sp³-hybridized carbons (Fsp3) is 0.167. The SMILES string of the molecule is C=CC(C=C)C(=O)[O-].C=CC(C=C)C(=O)[O-].[Cu+2]. The first-order valence-electron chi connectivity index (χ1n) is 4.36. The van der Waals surface area contributed by atoms with Crippen LogP contribution in [0.25, 0.3) is 0 Å². The quantitative estimate of drug-likeness (QED) is 0.484. The van der Waals surface area contributed by atoms with Crippen LogP contribution in [-0.2, 0) is 26.7 Å². The van der Waals surface area contributed by atoms with Crippen molar-refractivity contribution in [2.24, 2.45) is 11.8 Å². The molecule has 4 nitrogen and oxygen atoms in total. The monoisotopic (exact) mass is 285 g/mol. The number of rotatable bonds is 6. The van der Waals surface area contributed by atoms with E-state index in [0.717, 1.165) is 0 Å². The Labute approximate surface area is 112 Å². The molecule has 0 aliphatic rings. The van der Waals surface area contributed by atoms with Crippen LogP contribution in [0.4, 0.5) is 0 Å². The largest absolute Gasteiger partial charge is 2.00 e. The van der Waals surface area contributed by atoms with E-state index in [1.54, 1.807) is 0 Å². The van der Waals surface area contributed by atoms with Gasteiger partial charge in [-0.15, -0.1) is 26.3 Å². The van der Waals surface area contributed by atoms with Crippen molar-refractivity contribution in [2.75, 3.05) is 0 Å². The summed E-state index contributed by atoms with van der Waals surface area (Å²) in [6.45, 7) is 13.0. The molecule has 0 fully saturated rings. The van der Waals surface area contributed by atoms with Crippen molar-refractivity contribution in [3.05, 3.63) is 50.6 Å². The van der Waals surface area contributed by atoms with Crippen molar-refractivity contribution in [2.45, 2.75) is 0 Å². The minimum atomic E-state index is -1.16. The smallest absolute Gasteiger partial charge is 0.549 e. The Kier molecular flexibility index (Phi) is 15.3. The average Bonchev–Trinajstić information content (AvgIpc) is 2.21. The van der Waals surface area contributed by atoms with Crippen LogP contribution in [0.3, 0.4) is 0 Å². The van der Waals surface area contributed by atoms with Gasteiger partial charge in [-0.25, -0.2) is 0 Å². The summed E-state index contributed by atoms with van der Waals surface area (Å²) in [6, 6.07) is 0. The predicted molar refractivity (Wildman–Crippen MR) is 57.8 cm³/mol. The molecule has 97 valence electrons. The van der Waals surface area contributed by atoms with Crippen LogP contribution in [0.1, 0.15) is 0 Å². The fourth-order valence-electron chi connectivity index (χ4n) is 0.577. The first kappa shape index (κ1) is 20.8. The van der Waals surface area contributed by atoms with Crippen LogP contribution in [0.5, 0.6) is 0 Å². The summed E-state index contributed by atoms with van der Waals surface area (Å²) in [5, 5.41) is 19.8. The number of carbonyl (C=O) groups excluding carboxylic acids is 2. The minimum Gasteiger partial charge on any atom is -0.549 e. The van der Waals surface area contributed by atoms with Gasteiger partial charge < -0.3 is 19.8 Å². The first-order valence-corrected chi connectivity index (χ1v) is 4.36. The third-order valence-electron chi connectivity index (χ3n) is 1.56. The second kappa shape index (κ2) is 12.5. The van der Waals surface area contributed by atoms with Crippen molar-refractivity contribution < 1.29 is 36.9 Å². The molecular formula is C12H14CuO4. The second-order valence-electron chi connectivity index (χ2n) is 2.63. The van der Waals surface area contributed by atoms with Gasteiger partial charge in [0, 0.05) is 11.8 Å². The summed E-state index contributed by atoms with van der Waals surface area (Å²) >= 11 is 0. The molecule has 1 radical (unpaired) electrons. The van der Waals surface area contributed by atoms with Gasteiger partial charge in [-0.3, -0.25) is 0 Å². The Morgan fingerprint density at radius 1 is 0.765 bits per heavy atom. The molecule has 0 atom stereocenters. The van der Waals surface area contributed by atoms with E-state index >= 15 is 0 Å². The van der Waals surface area contributed by atoms with E-state index in [0.29, 0.717) is 0 Å². The zero-order chi connectivity index (χ0) is 13.1. The Balaban J connectivity index is -0.000000218. The van der Waals surface area contributed by atoms with Crippen molar-refractivity contribution >= 4 is 11.9 Å². The van der Waals surface area contributed by atoms with E-state index in [4.69, 9.17) is 0 Å². The minimum absolute atomic E-state index is 0. The Morgan fingerprint density at radius 2 is 0.941 bits per heavy atom. The third-order valence-corrected chi connectivity index (χ3v) is 1.56. The molecule has 0 aromatic heterocycles. The van der Waals surface area contributed by atoms with Crippen molar-refractivity contribution in [3.63, 3.8) is 0 Å². The van der Waals surface area contributed by atoms with Gasteiger partial charge in [-0.05, 0) is 0 Å². The molecule has 0 rings (SSSR count). The van der Waals surface area contributed by atoms with Crippen LogP contribution in [0.2, 0.25) is 0 Å². The normalized spacial score (nSPS) is 8.12. The van der Waals surface area contributed by atoms with Gasteiger partial charge in [-0.1, -0.05) is 24.3 Å². The first-order chi connectivity index (χ1) is 7.44. The maximum atomic E-state index is 9.91. The standard InChI is InChI=1S/2C6H8O2.Cu/c2*1-3-5(4-2)6(7)8;/h2*3-5H,1-2H2,(H,7,8);/q;;+2/p-2. The van der Waals surface area contributed by atoms with Gasteiger partial charge in [0.2, 0.25) is 0 Å². The van der Waals surface area contributed by atoms with Crippen LogP contribution < -0.4 is 10.2 Å². The van der Waals surface area contributed by atoms with Crippen LogP contribution in [0.15, 0.2) is 50.6 Å². The molecule has 0 spiro atoms. The molecule has 0 aromatic rings. The molecule has 0 amide bonds. The summed E-state index contributed by atoms with van der Waals surface area (Å²) < 4.78 is 0. The van der Waals surface area contributed by atoms with E-state index in [1.165, 1.54) is 24.3 Å². The Morgan fingerprint density at radius 3 is 0.941 bits per heavy atom. The number of aliphatic carboxylic acids is 2. The summed E-state index contributed by atoms with van der Waals surface area (Å²) in [5.74, 6) is -3.74. The summed E-state index contributed by atoms with van der Waals surface area (Å²) in [6.07, 6.45) is 5.06. The van der Waals surface area contributed by atoms with E-state index in [-0.39, 0.29) is 17.1 Å². The molecule has 0 N–H and O–H groups in total. The maximum absolute atomic E-state index is 9.91. The van der Waals surface area contributed by atoms with Crippen molar-refractivity contribution in [3.8, 4) is 0 Å². The van der Waals surface area contributed by atoms with Gasteiger partial charge >= 0.3 is 17.1 Å². The number of carbonyl (C=O) groups is 2. The molecule has 0 unspecified atom stereocenters. The molecule has 0 heterocycles. The summed E-state index contributed by atoms with van der Waals surface area (Å²) in [7, 11) is 0. The molecule has 0 aromatic carbocycles. The van der Waals surface area contributed by atoms with E-state index in [1.807, 2.05) is 0 Å². The Bertz CT molecular complexity index is 251. The number of hydrogen-bond acceptors (Lipinski definition) is 4. The molecule has 0 aliphatic heterocycles. The molecule has 0 saturated carbocycles. The number of carboxylic acid groups (broad SMARTS) is 2. The predicted octanol–water partition coefficient (Wildman–Crippen LogP) is -0.553. The second-order valence-corrected chi connectivity index (χ2v) is 2.63. The number of hydrogen-bond donors (Lipinski definition) is 0. The zero-order valence-corrected chi connectivity index (χ0v) is 10.2. The maximum Gasteiger partial charge on any atom is 2.00 e. The van der Waals surface area contributed by atoms with Gasteiger partial charge in [0.25, 0.3) is 0 Å². The van der Waals surface area contributed by atoms with Crippen molar-refractivity contribution in [1.82, 2.24) is 0 Å². The molecule has 0 saturated heterocycles. The molecular weight excluding hydrogens is 272 g/mol. The van der Waals surface area contributed by atoms with Gasteiger partial charge in [0.1, 0.15) is 0 Å². The zero-order valence-electron chi connectivity index (χ0n) is 9.23. The molecule has 17 heavy (non-hydrogen) atoms. The fourth-order valence-corrected chi connectivity index (χ4v) is 0.577. The molecule has 0 bridgehead atoms. The van der Waals surface area contributed by atoms with Gasteiger partial charge in [0.15, 0.2) is 0 Å². The van der Waals surface area contributed by atoms with E-state index in [2.05, 4.69) is 26.3 Å². The molecule has 0 aliphatic carbocycles. The van der Waals surface area contributed by atoms with E-state index < -0.39 is 23.8 Å². The Hall–Kier alpha value is -1.58. The van der Waals surface area contributed by atoms with Crippen LogP contribution >= 0.6 is 0 Å². The summed E-state index contributed by atoms with van der Waals surface area (Å²) in [5.41, 5.74) is 0. The van der Waals surface area contributed by atoms with Gasteiger partial charge in [0.05, 0.1) is 11.9 Å². The van der Waals surface area contributed by atoms with E-state index in [9.17, 15) is 19.8 Å². The summed E-state index contributed by atoms with van der Waals surface area (Å²) in [4.78, 5) is 19.8. The third kappa shape index (κ3) is 10.7. The van der Waals surface area contributed by atoms with Gasteiger partial charge in [-0.2, -0.15) is 0 Å².